The van der Waals surface area contributed by atoms with E-state index in [9.17, 15) is 18.8 Å². The van der Waals surface area contributed by atoms with Crippen molar-refractivity contribution in [2.24, 2.45) is 0 Å². The van der Waals surface area contributed by atoms with Crippen molar-refractivity contribution in [3.05, 3.63) is 107 Å². The van der Waals surface area contributed by atoms with E-state index in [0.29, 0.717) is 17.7 Å². The van der Waals surface area contributed by atoms with E-state index in [1.165, 1.54) is 12.1 Å². The van der Waals surface area contributed by atoms with Crippen LogP contribution in [0.4, 0.5) is 9.18 Å². The second-order valence-corrected chi connectivity index (χ2v) is 7.61. The highest BCUT2D eigenvalue weighted by Crippen LogP contribution is 2.24. The van der Waals surface area contributed by atoms with Gasteiger partial charge in [0.1, 0.15) is 5.82 Å². The van der Waals surface area contributed by atoms with Gasteiger partial charge in [0, 0.05) is 12.1 Å². The zero-order chi connectivity index (χ0) is 22.5. The smallest absolute Gasteiger partial charge is 0.324 e. The second kappa shape index (κ2) is 9.43. The van der Waals surface area contributed by atoms with E-state index in [0.717, 1.165) is 16.0 Å². The number of nitrogens with one attached hydrogen (secondary N) is 2. The molecule has 2 N–H and O–H groups in total. The molecule has 4 rings (SSSR count). The van der Waals surface area contributed by atoms with Crippen molar-refractivity contribution in [1.82, 2.24) is 15.5 Å². The Balaban J connectivity index is 1.35. The molecule has 0 aromatic heterocycles. The third-order valence-electron chi connectivity index (χ3n) is 5.33. The van der Waals surface area contributed by atoms with E-state index in [-0.39, 0.29) is 24.8 Å². The highest BCUT2D eigenvalue weighted by molar-refractivity contribution is 5.97. The van der Waals surface area contributed by atoms with Gasteiger partial charge < -0.3 is 10.6 Å². The van der Waals surface area contributed by atoms with E-state index in [4.69, 9.17) is 0 Å². The van der Waals surface area contributed by atoms with Gasteiger partial charge in [-0.05, 0) is 41.0 Å². The van der Waals surface area contributed by atoms with Crippen LogP contribution in [0.3, 0.4) is 0 Å². The average Bonchev–Trinajstić information content (AvgIpc) is 2.81. The normalized spacial score (nSPS) is 15.9. The number of urea groups is 1. The molecule has 1 unspecified atom stereocenters. The monoisotopic (exact) mass is 431 g/mol. The van der Waals surface area contributed by atoms with E-state index in [2.05, 4.69) is 10.6 Å². The molecule has 32 heavy (non-hydrogen) atoms. The maximum Gasteiger partial charge on any atom is 0.324 e. The van der Waals surface area contributed by atoms with Crippen LogP contribution in [0.1, 0.15) is 39.5 Å². The Labute approximate surface area is 185 Å². The number of carbonyl (C=O) groups excluding carboxylic acids is 3. The van der Waals surface area contributed by atoms with E-state index < -0.39 is 17.9 Å². The molecule has 1 aliphatic rings. The molecular formula is C25H22FN3O3. The lowest BCUT2D eigenvalue weighted by Gasteiger charge is -2.31. The number of benzene rings is 3. The highest BCUT2D eigenvalue weighted by atomic mass is 19.1. The first-order valence-corrected chi connectivity index (χ1v) is 10.3. The van der Waals surface area contributed by atoms with Gasteiger partial charge in [0.05, 0.1) is 19.0 Å². The van der Waals surface area contributed by atoms with Crippen molar-refractivity contribution in [2.45, 2.75) is 25.6 Å². The molecular weight excluding hydrogens is 409 g/mol. The highest BCUT2D eigenvalue weighted by Gasteiger charge is 2.32. The van der Waals surface area contributed by atoms with Crippen molar-refractivity contribution in [1.29, 1.82) is 0 Å². The van der Waals surface area contributed by atoms with Crippen molar-refractivity contribution in [3.8, 4) is 0 Å². The van der Waals surface area contributed by atoms with Crippen LogP contribution < -0.4 is 10.6 Å². The average molecular weight is 431 g/mol. The molecule has 0 saturated carbocycles. The summed E-state index contributed by atoms with van der Waals surface area (Å²) in [6.07, 6.45) is 0.0508. The molecule has 6 nitrogen and oxygen atoms in total. The van der Waals surface area contributed by atoms with Crippen LogP contribution in [-0.4, -0.2) is 22.7 Å². The van der Waals surface area contributed by atoms with E-state index in [1.54, 1.807) is 36.4 Å². The lowest BCUT2D eigenvalue weighted by molar-refractivity contribution is -0.130. The van der Waals surface area contributed by atoms with Crippen LogP contribution >= 0.6 is 0 Å². The molecule has 4 amide bonds. The number of imide groups is 1. The zero-order valence-corrected chi connectivity index (χ0v) is 17.3. The summed E-state index contributed by atoms with van der Waals surface area (Å²) in [7, 11) is 0. The second-order valence-electron chi connectivity index (χ2n) is 7.61. The molecule has 0 aliphatic carbocycles. The Morgan fingerprint density at radius 2 is 1.72 bits per heavy atom. The molecule has 7 heteroatoms. The Kier molecular flexibility index (Phi) is 6.26. The lowest BCUT2D eigenvalue weighted by Crippen LogP contribution is -2.50. The minimum atomic E-state index is -0.558. The Morgan fingerprint density at radius 1 is 0.969 bits per heavy atom. The number of hydrogen-bond donors (Lipinski definition) is 2. The predicted octanol–water partition coefficient (Wildman–Crippen LogP) is 3.94. The minimum Gasteiger partial charge on any atom is -0.348 e. The van der Waals surface area contributed by atoms with Gasteiger partial charge in [-0.1, -0.05) is 54.6 Å². The largest absolute Gasteiger partial charge is 0.348 e. The Morgan fingerprint density at radius 3 is 2.41 bits per heavy atom. The summed E-state index contributed by atoms with van der Waals surface area (Å²) < 4.78 is 13.5. The molecule has 3 aromatic rings. The minimum absolute atomic E-state index is 0.0508. The summed E-state index contributed by atoms with van der Waals surface area (Å²) in [5.41, 5.74) is 2.77. The number of amides is 4. The Bertz CT molecular complexity index is 1110. The van der Waals surface area contributed by atoms with Crippen LogP contribution in [0, 0.1) is 5.82 Å². The third kappa shape index (κ3) is 5.00. The number of carbonyl (C=O) groups is 3. The maximum atomic E-state index is 13.5. The van der Waals surface area contributed by atoms with Gasteiger partial charge in [-0.2, -0.15) is 0 Å². The van der Waals surface area contributed by atoms with Gasteiger partial charge in [-0.3, -0.25) is 14.5 Å². The van der Waals surface area contributed by atoms with Crippen LogP contribution in [0.5, 0.6) is 0 Å². The molecule has 1 fully saturated rings. The lowest BCUT2D eigenvalue weighted by atomic mass is 10.0. The molecule has 3 aromatic carbocycles. The van der Waals surface area contributed by atoms with Crippen molar-refractivity contribution < 1.29 is 18.8 Å². The standard InChI is InChI=1S/C25H22FN3O3/c26-21-8-4-7-20(13-21)22-14-23(30)29(25(32)28-22)16-18-9-11-19(12-10-18)24(31)27-15-17-5-2-1-3-6-17/h1-13,22H,14-16H2,(H,27,31)(H,28,32). The Hall–Kier alpha value is -4.00. The number of nitrogens with zero attached hydrogens (tertiary/aromatic N) is 1. The number of halogens is 1. The summed E-state index contributed by atoms with van der Waals surface area (Å²) in [5, 5.41) is 5.62. The first-order chi connectivity index (χ1) is 15.5. The molecule has 1 aliphatic heterocycles. The fourth-order valence-corrected chi connectivity index (χ4v) is 3.58. The van der Waals surface area contributed by atoms with Gasteiger partial charge in [0.25, 0.3) is 5.91 Å². The maximum absolute atomic E-state index is 13.5. The van der Waals surface area contributed by atoms with Crippen LogP contribution in [0.25, 0.3) is 0 Å². The summed E-state index contributed by atoms with van der Waals surface area (Å²) in [4.78, 5) is 38.6. The fourth-order valence-electron chi connectivity index (χ4n) is 3.58. The van der Waals surface area contributed by atoms with E-state index >= 15 is 0 Å². The molecule has 0 radical (unpaired) electrons. The number of rotatable bonds is 6. The van der Waals surface area contributed by atoms with Crippen LogP contribution in [0.15, 0.2) is 78.9 Å². The van der Waals surface area contributed by atoms with Gasteiger partial charge in [-0.15, -0.1) is 0 Å². The SMILES string of the molecule is O=C(NCc1ccccc1)c1ccc(CN2C(=O)CC(c3cccc(F)c3)NC2=O)cc1. The van der Waals surface area contributed by atoms with Gasteiger partial charge >= 0.3 is 6.03 Å². The summed E-state index contributed by atoms with van der Waals surface area (Å²) in [6, 6.07) is 21.1. The predicted molar refractivity (Wildman–Crippen MR) is 117 cm³/mol. The summed E-state index contributed by atoms with van der Waals surface area (Å²) in [5.74, 6) is -0.961. The molecule has 1 saturated heterocycles. The first kappa shape index (κ1) is 21.2. The topological polar surface area (TPSA) is 78.5 Å². The van der Waals surface area contributed by atoms with Gasteiger partial charge in [0.2, 0.25) is 5.91 Å². The molecule has 1 heterocycles. The fraction of sp³-hybridized carbons (Fsp3) is 0.160. The number of hydrogen-bond acceptors (Lipinski definition) is 3. The molecule has 0 bridgehead atoms. The van der Waals surface area contributed by atoms with Crippen LogP contribution in [-0.2, 0) is 17.9 Å². The van der Waals surface area contributed by atoms with Crippen LogP contribution in [0.2, 0.25) is 0 Å². The van der Waals surface area contributed by atoms with Gasteiger partial charge in [-0.25, -0.2) is 9.18 Å². The molecule has 162 valence electrons. The van der Waals surface area contributed by atoms with E-state index in [1.807, 2.05) is 30.3 Å². The molecule has 1 atom stereocenters. The van der Waals surface area contributed by atoms with Crippen molar-refractivity contribution in [3.63, 3.8) is 0 Å². The first-order valence-electron chi connectivity index (χ1n) is 10.3. The molecule has 0 spiro atoms. The summed E-state index contributed by atoms with van der Waals surface area (Å²) >= 11 is 0. The van der Waals surface area contributed by atoms with Gasteiger partial charge in [0.15, 0.2) is 0 Å². The third-order valence-corrected chi connectivity index (χ3v) is 5.33. The quantitative estimate of drug-likeness (QED) is 0.621. The van der Waals surface area contributed by atoms with Crippen molar-refractivity contribution >= 4 is 17.8 Å². The van der Waals surface area contributed by atoms with Crippen molar-refractivity contribution in [2.75, 3.05) is 0 Å². The summed E-state index contributed by atoms with van der Waals surface area (Å²) in [6.45, 7) is 0.517. The zero-order valence-electron chi connectivity index (χ0n) is 17.3.